The molecule has 5 heteroatoms. The molecule has 1 aromatic rings. The van der Waals surface area contributed by atoms with E-state index in [1.165, 1.54) is 24.4 Å². The summed E-state index contributed by atoms with van der Waals surface area (Å²) in [5.74, 6) is -1.40. The molecule has 1 rings (SSSR count). The number of carboxylic acid groups (broad SMARTS) is 1. The van der Waals surface area contributed by atoms with Crippen LogP contribution in [0.15, 0.2) is 34.9 Å². The molecule has 74 valence electrons. The molecule has 0 aliphatic heterocycles. The molecule has 0 atom stereocenters. The number of hydrogen-bond donors (Lipinski definition) is 2. The monoisotopic (exact) mass is 259 g/mol. The smallest absolute Gasteiger partial charge is 0.329 e. The molecule has 0 fully saturated rings. The van der Waals surface area contributed by atoms with Crippen molar-refractivity contribution in [2.75, 3.05) is 5.32 Å². The molecule has 0 saturated heterocycles. The number of hydrogen-bond acceptors (Lipinski definition) is 2. The third-order valence-electron chi connectivity index (χ3n) is 1.40. The lowest BCUT2D eigenvalue weighted by molar-refractivity contribution is -0.131. The number of anilines is 1. The van der Waals surface area contributed by atoms with E-state index in [4.69, 9.17) is 5.11 Å². The van der Waals surface area contributed by atoms with Gasteiger partial charge in [-0.25, -0.2) is 9.18 Å². The highest BCUT2D eigenvalue weighted by Crippen LogP contribution is 2.22. The van der Waals surface area contributed by atoms with Crippen LogP contribution in [0.2, 0.25) is 0 Å². The second-order valence-electron chi connectivity index (χ2n) is 2.44. The molecule has 0 spiro atoms. The molecular formula is C9H7BrFNO2. The summed E-state index contributed by atoms with van der Waals surface area (Å²) in [6, 6.07) is 4.07. The SMILES string of the molecule is O=C(O)/C=C/Nc1ccc(F)cc1Br. The van der Waals surface area contributed by atoms with Crippen molar-refractivity contribution in [2.24, 2.45) is 0 Å². The van der Waals surface area contributed by atoms with E-state index >= 15 is 0 Å². The Kier molecular flexibility index (Phi) is 3.64. The molecule has 0 radical (unpaired) electrons. The molecule has 0 amide bonds. The zero-order valence-corrected chi connectivity index (χ0v) is 8.58. The molecule has 0 aliphatic rings. The molecule has 3 nitrogen and oxygen atoms in total. The van der Waals surface area contributed by atoms with Crippen molar-refractivity contribution in [1.29, 1.82) is 0 Å². The maximum atomic E-state index is 12.6. The second-order valence-corrected chi connectivity index (χ2v) is 3.29. The van der Waals surface area contributed by atoms with E-state index in [2.05, 4.69) is 21.2 Å². The summed E-state index contributed by atoms with van der Waals surface area (Å²) in [6.45, 7) is 0. The van der Waals surface area contributed by atoms with Crippen LogP contribution in [0.1, 0.15) is 0 Å². The molecule has 0 unspecified atom stereocenters. The fourth-order valence-corrected chi connectivity index (χ4v) is 1.27. The Morgan fingerprint density at radius 3 is 2.86 bits per heavy atom. The number of aliphatic carboxylic acids is 1. The molecule has 0 aliphatic carbocycles. The molecule has 0 heterocycles. The van der Waals surface area contributed by atoms with Crippen LogP contribution >= 0.6 is 15.9 Å². The number of halogens is 2. The van der Waals surface area contributed by atoms with E-state index < -0.39 is 5.97 Å². The van der Waals surface area contributed by atoms with E-state index in [0.29, 0.717) is 10.2 Å². The van der Waals surface area contributed by atoms with Crippen LogP contribution in [0.4, 0.5) is 10.1 Å². The average Bonchev–Trinajstić information content (AvgIpc) is 2.08. The van der Waals surface area contributed by atoms with Gasteiger partial charge in [-0.05, 0) is 34.1 Å². The highest BCUT2D eigenvalue weighted by atomic mass is 79.9. The summed E-state index contributed by atoms with van der Waals surface area (Å²) in [7, 11) is 0. The molecular weight excluding hydrogens is 253 g/mol. The minimum atomic E-state index is -1.05. The lowest BCUT2D eigenvalue weighted by Gasteiger charge is -2.02. The number of carboxylic acids is 1. The Balaban J connectivity index is 2.73. The Bertz CT molecular complexity index is 379. The van der Waals surface area contributed by atoms with Gasteiger partial charge in [0.2, 0.25) is 0 Å². The van der Waals surface area contributed by atoms with Crippen LogP contribution in [-0.2, 0) is 4.79 Å². The number of rotatable bonds is 3. The molecule has 0 bridgehead atoms. The van der Waals surface area contributed by atoms with E-state index in [9.17, 15) is 9.18 Å². The van der Waals surface area contributed by atoms with Gasteiger partial charge in [0.1, 0.15) is 5.82 Å². The molecule has 2 N–H and O–H groups in total. The second kappa shape index (κ2) is 4.76. The molecule has 0 saturated carbocycles. The number of carbonyl (C=O) groups is 1. The van der Waals surface area contributed by atoms with Crippen molar-refractivity contribution < 1.29 is 14.3 Å². The van der Waals surface area contributed by atoms with Gasteiger partial charge >= 0.3 is 5.97 Å². The Morgan fingerprint density at radius 2 is 2.29 bits per heavy atom. The summed E-state index contributed by atoms with van der Waals surface area (Å²) in [5.41, 5.74) is 0.601. The summed E-state index contributed by atoms with van der Waals surface area (Å²) in [5, 5.41) is 11.0. The van der Waals surface area contributed by atoms with Gasteiger partial charge in [-0.15, -0.1) is 0 Å². The highest BCUT2D eigenvalue weighted by Gasteiger charge is 1.98. The number of nitrogens with one attached hydrogen (secondary N) is 1. The highest BCUT2D eigenvalue weighted by molar-refractivity contribution is 9.10. The summed E-state index contributed by atoms with van der Waals surface area (Å²) in [4.78, 5) is 10.1. The van der Waals surface area contributed by atoms with Crippen molar-refractivity contribution in [3.63, 3.8) is 0 Å². The minimum absolute atomic E-state index is 0.357. The maximum absolute atomic E-state index is 12.6. The van der Waals surface area contributed by atoms with Crippen molar-refractivity contribution in [1.82, 2.24) is 0 Å². The largest absolute Gasteiger partial charge is 0.478 e. The first-order valence-electron chi connectivity index (χ1n) is 3.70. The minimum Gasteiger partial charge on any atom is -0.478 e. The van der Waals surface area contributed by atoms with Gasteiger partial charge in [-0.2, -0.15) is 0 Å². The Hall–Kier alpha value is -1.36. The van der Waals surface area contributed by atoms with Crippen molar-refractivity contribution in [2.45, 2.75) is 0 Å². The van der Waals surface area contributed by atoms with Gasteiger partial charge in [-0.3, -0.25) is 0 Å². The van der Waals surface area contributed by atoms with Crippen LogP contribution in [-0.4, -0.2) is 11.1 Å². The van der Waals surface area contributed by atoms with Gasteiger partial charge in [-0.1, -0.05) is 0 Å². The van der Waals surface area contributed by atoms with Crippen LogP contribution in [0.25, 0.3) is 0 Å². The maximum Gasteiger partial charge on any atom is 0.329 e. The lowest BCUT2D eigenvalue weighted by atomic mass is 10.3. The molecule has 14 heavy (non-hydrogen) atoms. The van der Waals surface area contributed by atoms with Crippen LogP contribution in [0.5, 0.6) is 0 Å². The van der Waals surface area contributed by atoms with E-state index in [1.54, 1.807) is 0 Å². The quantitative estimate of drug-likeness (QED) is 0.821. The predicted molar refractivity (Wildman–Crippen MR) is 54.5 cm³/mol. The van der Waals surface area contributed by atoms with Crippen molar-refractivity contribution in [3.8, 4) is 0 Å². The van der Waals surface area contributed by atoms with Gasteiger partial charge in [0.15, 0.2) is 0 Å². The van der Waals surface area contributed by atoms with Crippen molar-refractivity contribution >= 4 is 27.6 Å². The third kappa shape index (κ3) is 3.18. The van der Waals surface area contributed by atoms with Gasteiger partial charge in [0.25, 0.3) is 0 Å². The van der Waals surface area contributed by atoms with Gasteiger partial charge in [0.05, 0.1) is 5.69 Å². The van der Waals surface area contributed by atoms with Crippen LogP contribution in [0, 0.1) is 5.82 Å². The van der Waals surface area contributed by atoms with Gasteiger partial charge < -0.3 is 10.4 Å². The van der Waals surface area contributed by atoms with E-state index in [-0.39, 0.29) is 5.82 Å². The summed E-state index contributed by atoms with van der Waals surface area (Å²) < 4.78 is 13.2. The predicted octanol–water partition coefficient (Wildman–Crippen LogP) is 2.60. The van der Waals surface area contributed by atoms with E-state index in [0.717, 1.165) is 6.08 Å². The zero-order chi connectivity index (χ0) is 10.6. The number of benzene rings is 1. The molecule has 1 aromatic carbocycles. The average molecular weight is 260 g/mol. The topological polar surface area (TPSA) is 49.3 Å². The fraction of sp³-hybridized carbons (Fsp3) is 0. The fourth-order valence-electron chi connectivity index (χ4n) is 0.809. The van der Waals surface area contributed by atoms with Crippen LogP contribution < -0.4 is 5.32 Å². The summed E-state index contributed by atoms with van der Waals surface area (Å²) >= 11 is 3.13. The van der Waals surface area contributed by atoms with E-state index in [1.807, 2.05) is 0 Å². The normalized spacial score (nSPS) is 10.4. The first-order chi connectivity index (χ1) is 6.59. The Morgan fingerprint density at radius 1 is 1.57 bits per heavy atom. The molecule has 0 aromatic heterocycles. The van der Waals surface area contributed by atoms with Crippen LogP contribution in [0.3, 0.4) is 0 Å². The van der Waals surface area contributed by atoms with Crippen molar-refractivity contribution in [3.05, 3.63) is 40.8 Å². The lowest BCUT2D eigenvalue weighted by Crippen LogP contribution is -1.93. The Labute approximate surface area is 88.4 Å². The summed E-state index contributed by atoms with van der Waals surface area (Å²) in [6.07, 6.45) is 2.22. The van der Waals surface area contributed by atoms with Gasteiger partial charge in [0, 0.05) is 16.7 Å². The zero-order valence-electron chi connectivity index (χ0n) is 7.00. The third-order valence-corrected chi connectivity index (χ3v) is 2.05. The first-order valence-corrected chi connectivity index (χ1v) is 4.50. The first kappa shape index (κ1) is 10.7. The standard InChI is InChI=1S/C9H7BrFNO2/c10-7-5-6(11)1-2-8(7)12-4-3-9(13)14/h1-5,12H,(H,13,14)/b4-3+.